The summed E-state index contributed by atoms with van der Waals surface area (Å²) in [4.78, 5) is 14.0. The van der Waals surface area contributed by atoms with Gasteiger partial charge in [0.1, 0.15) is 10.6 Å². The first-order valence-electron chi connectivity index (χ1n) is 6.85. The molecule has 0 aliphatic heterocycles. The van der Waals surface area contributed by atoms with E-state index in [4.69, 9.17) is 4.98 Å². The molecule has 0 saturated heterocycles. The Bertz CT molecular complexity index is 562. The van der Waals surface area contributed by atoms with Crippen LogP contribution in [0.2, 0.25) is 0 Å². The molecule has 0 saturated carbocycles. The van der Waals surface area contributed by atoms with Crippen LogP contribution >= 0.6 is 11.3 Å². The van der Waals surface area contributed by atoms with Crippen molar-refractivity contribution in [3.63, 3.8) is 0 Å². The van der Waals surface area contributed by atoms with E-state index in [0.717, 1.165) is 29.7 Å². The molecule has 19 heavy (non-hydrogen) atoms. The van der Waals surface area contributed by atoms with Crippen LogP contribution in [0.1, 0.15) is 32.6 Å². The summed E-state index contributed by atoms with van der Waals surface area (Å²) < 4.78 is 0. The summed E-state index contributed by atoms with van der Waals surface area (Å²) in [5.41, 5.74) is 0. The van der Waals surface area contributed by atoms with Crippen LogP contribution in [0.5, 0.6) is 0 Å². The van der Waals surface area contributed by atoms with E-state index in [1.807, 2.05) is 0 Å². The average molecular weight is 278 g/mol. The summed E-state index contributed by atoms with van der Waals surface area (Å²) in [7, 11) is 0. The topological polar surface area (TPSA) is 41.1 Å². The second-order valence-electron chi connectivity index (χ2n) is 4.86. The zero-order valence-corrected chi connectivity index (χ0v) is 13.1. The molecule has 0 aromatic carbocycles. The van der Waals surface area contributed by atoms with Gasteiger partial charge >= 0.3 is 0 Å². The highest BCUT2D eigenvalue weighted by molar-refractivity contribution is 7.18. The fourth-order valence-corrected chi connectivity index (χ4v) is 3.12. The van der Waals surface area contributed by atoms with Gasteiger partial charge in [0.15, 0.2) is 0 Å². The van der Waals surface area contributed by atoms with E-state index >= 15 is 0 Å². The zero-order valence-electron chi connectivity index (χ0n) is 12.3. The lowest BCUT2D eigenvalue weighted by molar-refractivity contribution is 0.696. The van der Waals surface area contributed by atoms with E-state index in [1.165, 1.54) is 10.3 Å². The summed E-state index contributed by atoms with van der Waals surface area (Å²) >= 11 is 1.73. The van der Waals surface area contributed by atoms with Crippen LogP contribution in [0.4, 0.5) is 11.8 Å². The number of aryl methyl sites for hydroxylation is 1. The van der Waals surface area contributed by atoms with Gasteiger partial charge in [0.05, 0.1) is 5.39 Å². The third-order valence-electron chi connectivity index (χ3n) is 3.07. The lowest BCUT2D eigenvalue weighted by Gasteiger charge is -2.27. The maximum atomic E-state index is 4.71. The van der Waals surface area contributed by atoms with Crippen molar-refractivity contribution in [2.75, 3.05) is 23.3 Å². The van der Waals surface area contributed by atoms with Crippen molar-refractivity contribution in [1.82, 2.24) is 9.97 Å². The van der Waals surface area contributed by atoms with Gasteiger partial charge in [0.25, 0.3) is 0 Å². The first-order valence-corrected chi connectivity index (χ1v) is 7.67. The first-order chi connectivity index (χ1) is 9.06. The Hall–Kier alpha value is -1.36. The lowest BCUT2D eigenvalue weighted by Crippen LogP contribution is -2.31. The number of fused-ring (bicyclic) bond motifs is 1. The van der Waals surface area contributed by atoms with Crippen LogP contribution in [0.25, 0.3) is 10.2 Å². The van der Waals surface area contributed by atoms with Gasteiger partial charge in [-0.2, -0.15) is 4.98 Å². The molecule has 2 aromatic heterocycles. The highest BCUT2D eigenvalue weighted by Crippen LogP contribution is 2.32. The molecule has 0 spiro atoms. The number of thiophene rings is 1. The summed E-state index contributed by atoms with van der Waals surface area (Å²) in [5, 5.41) is 4.39. The summed E-state index contributed by atoms with van der Waals surface area (Å²) in [5.74, 6) is 1.77. The van der Waals surface area contributed by atoms with E-state index in [2.05, 4.69) is 55.9 Å². The van der Waals surface area contributed by atoms with Gasteiger partial charge < -0.3 is 10.2 Å². The van der Waals surface area contributed by atoms with Gasteiger partial charge in [0.2, 0.25) is 5.95 Å². The molecule has 2 heterocycles. The molecule has 0 radical (unpaired) electrons. The molecule has 0 amide bonds. The lowest BCUT2D eigenvalue weighted by atomic mass is 10.2. The van der Waals surface area contributed by atoms with E-state index in [1.54, 1.807) is 11.3 Å². The Morgan fingerprint density at radius 3 is 2.63 bits per heavy atom. The van der Waals surface area contributed by atoms with Crippen LogP contribution in [-0.2, 0) is 0 Å². The number of hydrogen-bond donors (Lipinski definition) is 1. The van der Waals surface area contributed by atoms with E-state index in [9.17, 15) is 0 Å². The first kappa shape index (κ1) is 14.1. The smallest absolute Gasteiger partial charge is 0.226 e. The van der Waals surface area contributed by atoms with Gasteiger partial charge in [-0.25, -0.2) is 4.98 Å². The van der Waals surface area contributed by atoms with E-state index < -0.39 is 0 Å². The molecule has 1 N–H and O–H groups in total. The minimum Gasteiger partial charge on any atom is -0.354 e. The van der Waals surface area contributed by atoms with Crippen LogP contribution in [0.15, 0.2) is 6.07 Å². The van der Waals surface area contributed by atoms with Gasteiger partial charge in [-0.15, -0.1) is 11.3 Å². The molecule has 2 aromatic rings. The maximum absolute atomic E-state index is 4.71. The standard InChI is InChI=1S/C14H22N4S/c1-6-15-14-16-12(18(7-2)9(3)4)11-8-10(5)19-13(11)17-14/h8-9H,6-7H2,1-5H3,(H,15,16,17). The number of anilines is 2. The Morgan fingerprint density at radius 2 is 2.05 bits per heavy atom. The zero-order chi connectivity index (χ0) is 14.0. The third-order valence-corrected chi connectivity index (χ3v) is 4.01. The largest absolute Gasteiger partial charge is 0.354 e. The van der Waals surface area contributed by atoms with Crippen molar-refractivity contribution in [2.45, 2.75) is 40.7 Å². The number of nitrogens with one attached hydrogen (secondary N) is 1. The predicted molar refractivity (Wildman–Crippen MR) is 84.5 cm³/mol. The minimum atomic E-state index is 0.429. The molecule has 104 valence electrons. The van der Waals surface area contributed by atoms with Crippen LogP contribution in [-0.4, -0.2) is 29.1 Å². The molecular weight excluding hydrogens is 256 g/mol. The SMILES string of the molecule is CCNc1nc(N(CC)C(C)C)c2cc(C)sc2n1. The van der Waals surface area contributed by atoms with E-state index in [-0.39, 0.29) is 0 Å². The molecule has 0 bridgehead atoms. The number of nitrogens with zero attached hydrogens (tertiary/aromatic N) is 3. The normalized spacial score (nSPS) is 11.3. The highest BCUT2D eigenvalue weighted by atomic mass is 32.1. The molecule has 0 fully saturated rings. The fraction of sp³-hybridized carbons (Fsp3) is 0.571. The molecule has 5 heteroatoms. The van der Waals surface area contributed by atoms with Crippen molar-refractivity contribution < 1.29 is 0 Å². The van der Waals surface area contributed by atoms with Crippen molar-refractivity contribution in [3.8, 4) is 0 Å². The summed E-state index contributed by atoms with van der Waals surface area (Å²) in [6.07, 6.45) is 0. The Kier molecular flexibility index (Phi) is 4.24. The number of hydrogen-bond acceptors (Lipinski definition) is 5. The molecule has 0 atom stereocenters. The predicted octanol–water partition coefficient (Wildman–Crippen LogP) is 3.67. The maximum Gasteiger partial charge on any atom is 0.226 e. The molecule has 4 nitrogen and oxygen atoms in total. The second-order valence-corrected chi connectivity index (χ2v) is 6.09. The molecule has 0 aliphatic carbocycles. The van der Waals surface area contributed by atoms with Gasteiger partial charge in [-0.1, -0.05) is 0 Å². The number of aromatic nitrogens is 2. The van der Waals surface area contributed by atoms with Gasteiger partial charge in [0, 0.05) is 24.0 Å². The Labute approximate surface area is 118 Å². The van der Waals surface area contributed by atoms with Crippen LogP contribution < -0.4 is 10.2 Å². The van der Waals surface area contributed by atoms with Crippen molar-refractivity contribution in [2.24, 2.45) is 0 Å². The van der Waals surface area contributed by atoms with E-state index in [0.29, 0.717) is 6.04 Å². The van der Waals surface area contributed by atoms with Crippen molar-refractivity contribution in [3.05, 3.63) is 10.9 Å². The van der Waals surface area contributed by atoms with Crippen molar-refractivity contribution in [1.29, 1.82) is 0 Å². The molecule has 0 unspecified atom stereocenters. The Balaban J connectivity index is 2.61. The monoisotopic (exact) mass is 278 g/mol. The van der Waals surface area contributed by atoms with Crippen LogP contribution in [0.3, 0.4) is 0 Å². The average Bonchev–Trinajstić information content (AvgIpc) is 2.70. The quantitative estimate of drug-likeness (QED) is 0.906. The molecule has 2 rings (SSSR count). The van der Waals surface area contributed by atoms with Crippen molar-refractivity contribution >= 4 is 33.3 Å². The minimum absolute atomic E-state index is 0.429. The second kappa shape index (κ2) is 5.74. The summed E-state index contributed by atoms with van der Waals surface area (Å²) in [6.45, 7) is 12.5. The van der Waals surface area contributed by atoms with Crippen LogP contribution in [0, 0.1) is 6.92 Å². The third kappa shape index (κ3) is 2.81. The Morgan fingerprint density at radius 1 is 1.32 bits per heavy atom. The van der Waals surface area contributed by atoms with Gasteiger partial charge in [-0.05, 0) is 40.7 Å². The fourth-order valence-electron chi connectivity index (χ4n) is 2.24. The molecular formula is C14H22N4S. The summed E-state index contributed by atoms with van der Waals surface area (Å²) in [6, 6.07) is 2.62. The van der Waals surface area contributed by atoms with Gasteiger partial charge in [-0.3, -0.25) is 0 Å². The highest BCUT2D eigenvalue weighted by Gasteiger charge is 2.17. The number of rotatable bonds is 5. The molecule has 0 aliphatic rings.